The van der Waals surface area contributed by atoms with E-state index in [-0.39, 0.29) is 0 Å². The molecule has 22 heavy (non-hydrogen) atoms. The van der Waals surface area contributed by atoms with Gasteiger partial charge in [0.25, 0.3) is 0 Å². The number of fused-ring (bicyclic) bond motifs is 1. The number of guanidine groups is 1. The highest BCUT2D eigenvalue weighted by Gasteiger charge is 2.01. The number of hydrogen-bond acceptors (Lipinski definition) is 2. The van der Waals surface area contributed by atoms with Gasteiger partial charge in [0, 0.05) is 17.3 Å². The van der Waals surface area contributed by atoms with Crippen molar-refractivity contribution >= 4 is 22.5 Å². The number of benzene rings is 2. The molecular weight excluding hydrogens is 272 g/mol. The fraction of sp³-hybridized carbons (Fsp3) is 0.111. The van der Waals surface area contributed by atoms with E-state index in [4.69, 9.17) is 5.73 Å². The summed E-state index contributed by atoms with van der Waals surface area (Å²) in [6, 6.07) is 18.1. The molecule has 3 aromatic rings. The molecule has 110 valence electrons. The van der Waals surface area contributed by atoms with Gasteiger partial charge in [-0.2, -0.15) is 0 Å². The molecule has 0 unspecified atom stereocenters. The van der Waals surface area contributed by atoms with Crippen molar-refractivity contribution in [2.24, 2.45) is 10.7 Å². The molecule has 3 rings (SSSR count). The Bertz CT molecular complexity index is 801. The number of anilines is 1. The Labute approximate surface area is 129 Å². The minimum absolute atomic E-state index is 0.400. The zero-order valence-corrected chi connectivity index (χ0v) is 12.5. The van der Waals surface area contributed by atoms with Crippen LogP contribution in [-0.2, 0) is 6.54 Å². The van der Waals surface area contributed by atoms with Crippen LogP contribution in [0.15, 0.2) is 65.8 Å². The fourth-order valence-electron chi connectivity index (χ4n) is 2.29. The van der Waals surface area contributed by atoms with Gasteiger partial charge in [-0.3, -0.25) is 4.98 Å². The number of pyridine rings is 1. The first-order valence-electron chi connectivity index (χ1n) is 7.18. The minimum Gasteiger partial charge on any atom is -0.370 e. The molecule has 2 aromatic carbocycles. The third kappa shape index (κ3) is 3.23. The number of nitrogens with one attached hydrogen (secondary N) is 1. The maximum absolute atomic E-state index is 5.95. The van der Waals surface area contributed by atoms with Gasteiger partial charge in [-0.15, -0.1) is 0 Å². The summed E-state index contributed by atoms with van der Waals surface area (Å²) in [7, 11) is 0. The second-order valence-electron chi connectivity index (χ2n) is 5.18. The van der Waals surface area contributed by atoms with E-state index >= 15 is 0 Å². The predicted octanol–water partition coefficient (Wildman–Crippen LogP) is 3.47. The highest BCUT2D eigenvalue weighted by atomic mass is 15.1. The molecule has 0 atom stereocenters. The van der Waals surface area contributed by atoms with Crippen LogP contribution in [0.2, 0.25) is 0 Å². The molecule has 0 amide bonds. The quantitative estimate of drug-likeness (QED) is 0.573. The number of rotatable bonds is 3. The molecule has 0 fully saturated rings. The minimum atomic E-state index is 0.400. The summed E-state index contributed by atoms with van der Waals surface area (Å²) in [4.78, 5) is 8.83. The van der Waals surface area contributed by atoms with E-state index in [2.05, 4.69) is 22.2 Å². The highest BCUT2D eigenvalue weighted by Crippen LogP contribution is 2.16. The Morgan fingerprint density at radius 1 is 1.09 bits per heavy atom. The zero-order chi connectivity index (χ0) is 15.4. The van der Waals surface area contributed by atoms with Gasteiger partial charge in [-0.1, -0.05) is 42.0 Å². The molecular formula is C18H18N4. The molecule has 0 bridgehead atoms. The van der Waals surface area contributed by atoms with Crippen molar-refractivity contribution in [1.29, 1.82) is 0 Å². The van der Waals surface area contributed by atoms with Crippen molar-refractivity contribution in [3.8, 4) is 0 Å². The summed E-state index contributed by atoms with van der Waals surface area (Å²) < 4.78 is 0. The third-order valence-corrected chi connectivity index (χ3v) is 3.46. The van der Waals surface area contributed by atoms with Crippen LogP contribution in [0.4, 0.5) is 5.69 Å². The molecule has 0 spiro atoms. The number of nitrogens with two attached hydrogens (primary N) is 1. The second-order valence-corrected chi connectivity index (χ2v) is 5.18. The molecule has 1 heterocycles. The lowest BCUT2D eigenvalue weighted by Crippen LogP contribution is -2.22. The number of aromatic nitrogens is 1. The van der Waals surface area contributed by atoms with Crippen LogP contribution >= 0.6 is 0 Å². The lowest BCUT2D eigenvalue weighted by Gasteiger charge is -2.07. The first kappa shape index (κ1) is 14.1. The van der Waals surface area contributed by atoms with Gasteiger partial charge in [0.15, 0.2) is 5.96 Å². The lowest BCUT2D eigenvalue weighted by molar-refractivity contribution is 1.06. The van der Waals surface area contributed by atoms with Crippen LogP contribution < -0.4 is 11.1 Å². The Morgan fingerprint density at radius 3 is 2.68 bits per heavy atom. The van der Waals surface area contributed by atoms with Gasteiger partial charge in [-0.25, -0.2) is 4.99 Å². The van der Waals surface area contributed by atoms with Crippen molar-refractivity contribution in [1.82, 2.24) is 4.98 Å². The van der Waals surface area contributed by atoms with Crippen molar-refractivity contribution in [3.05, 3.63) is 71.9 Å². The molecule has 0 radical (unpaired) electrons. The molecule has 0 aliphatic heterocycles. The van der Waals surface area contributed by atoms with Crippen molar-refractivity contribution < 1.29 is 0 Å². The van der Waals surface area contributed by atoms with E-state index in [9.17, 15) is 0 Å². The predicted molar refractivity (Wildman–Crippen MR) is 91.9 cm³/mol. The van der Waals surface area contributed by atoms with Crippen molar-refractivity contribution in [2.45, 2.75) is 13.5 Å². The highest BCUT2D eigenvalue weighted by molar-refractivity contribution is 5.92. The maximum Gasteiger partial charge on any atom is 0.193 e. The number of aryl methyl sites for hydroxylation is 1. The third-order valence-electron chi connectivity index (χ3n) is 3.46. The van der Waals surface area contributed by atoms with Crippen molar-refractivity contribution in [2.75, 3.05) is 5.32 Å². The van der Waals surface area contributed by atoms with Crippen LogP contribution in [0, 0.1) is 6.92 Å². The monoisotopic (exact) mass is 290 g/mol. The van der Waals surface area contributed by atoms with Gasteiger partial charge in [0.2, 0.25) is 0 Å². The Morgan fingerprint density at radius 2 is 1.86 bits per heavy atom. The SMILES string of the molecule is Cc1ccc(NC(N)=NCc2cccc3cccnc23)cc1. The fourth-order valence-corrected chi connectivity index (χ4v) is 2.29. The van der Waals surface area contributed by atoms with E-state index in [0.717, 1.165) is 22.2 Å². The van der Waals surface area contributed by atoms with Crippen LogP contribution in [0.25, 0.3) is 10.9 Å². The van der Waals surface area contributed by atoms with Crippen LogP contribution in [-0.4, -0.2) is 10.9 Å². The molecule has 0 saturated carbocycles. The van der Waals surface area contributed by atoms with Gasteiger partial charge in [0.1, 0.15) is 0 Å². The first-order chi connectivity index (χ1) is 10.7. The summed E-state index contributed by atoms with van der Waals surface area (Å²) in [6.45, 7) is 2.55. The second kappa shape index (κ2) is 6.26. The topological polar surface area (TPSA) is 63.3 Å². The number of aliphatic imine (C=N–C) groups is 1. The standard InChI is InChI=1S/C18H18N4/c1-13-7-9-16(10-8-13)22-18(19)21-12-15-5-2-4-14-6-3-11-20-17(14)15/h2-11H,12H2,1H3,(H3,19,21,22). The van der Waals surface area contributed by atoms with Gasteiger partial charge >= 0.3 is 0 Å². The first-order valence-corrected chi connectivity index (χ1v) is 7.18. The Hall–Kier alpha value is -2.88. The smallest absolute Gasteiger partial charge is 0.193 e. The molecule has 1 aromatic heterocycles. The van der Waals surface area contributed by atoms with Crippen LogP contribution in [0.5, 0.6) is 0 Å². The van der Waals surface area contributed by atoms with E-state index in [0.29, 0.717) is 12.5 Å². The van der Waals surface area contributed by atoms with Gasteiger partial charge in [0.05, 0.1) is 12.1 Å². The normalized spacial score (nSPS) is 11.6. The summed E-state index contributed by atoms with van der Waals surface area (Å²) in [5.41, 5.74) is 10.1. The molecule has 0 aliphatic rings. The van der Waals surface area contributed by atoms with E-state index < -0.39 is 0 Å². The number of para-hydroxylation sites is 1. The van der Waals surface area contributed by atoms with E-state index in [1.807, 2.05) is 54.6 Å². The lowest BCUT2D eigenvalue weighted by atomic mass is 10.1. The molecule has 4 heteroatoms. The van der Waals surface area contributed by atoms with Gasteiger partial charge in [-0.05, 0) is 30.7 Å². The Balaban J connectivity index is 1.76. The summed E-state index contributed by atoms with van der Waals surface area (Å²) in [5.74, 6) is 0.400. The average Bonchev–Trinajstić information content (AvgIpc) is 2.55. The largest absolute Gasteiger partial charge is 0.370 e. The summed E-state index contributed by atoms with van der Waals surface area (Å²) in [6.07, 6.45) is 1.80. The summed E-state index contributed by atoms with van der Waals surface area (Å²) >= 11 is 0. The summed E-state index contributed by atoms with van der Waals surface area (Å²) in [5, 5.41) is 4.21. The zero-order valence-electron chi connectivity index (χ0n) is 12.5. The molecule has 4 nitrogen and oxygen atoms in total. The molecule has 0 saturated heterocycles. The number of nitrogens with zero attached hydrogens (tertiary/aromatic N) is 2. The van der Waals surface area contributed by atoms with Gasteiger partial charge < -0.3 is 11.1 Å². The number of hydrogen-bond donors (Lipinski definition) is 2. The maximum atomic E-state index is 5.95. The van der Waals surface area contributed by atoms with Crippen LogP contribution in [0.1, 0.15) is 11.1 Å². The van der Waals surface area contributed by atoms with E-state index in [1.165, 1.54) is 5.56 Å². The van der Waals surface area contributed by atoms with Crippen LogP contribution in [0.3, 0.4) is 0 Å². The Kier molecular flexibility index (Phi) is 4.01. The van der Waals surface area contributed by atoms with Crippen molar-refractivity contribution in [3.63, 3.8) is 0 Å². The average molecular weight is 290 g/mol. The molecule has 0 aliphatic carbocycles. The molecule has 3 N–H and O–H groups in total. The van der Waals surface area contributed by atoms with E-state index in [1.54, 1.807) is 6.20 Å².